The van der Waals surface area contributed by atoms with Crippen LogP contribution in [0.5, 0.6) is 0 Å². The molecule has 2 aromatic carbocycles. The van der Waals surface area contributed by atoms with Crippen LogP contribution in [0.25, 0.3) is 0 Å². The minimum Gasteiger partial charge on any atom is -0.373 e. The van der Waals surface area contributed by atoms with E-state index in [-0.39, 0.29) is 12.5 Å². The second-order valence-corrected chi connectivity index (χ2v) is 8.59. The number of benzene rings is 2. The number of carbonyl (C=O) groups is 1. The monoisotopic (exact) mass is 427 g/mol. The first-order chi connectivity index (χ1) is 14.8. The van der Waals surface area contributed by atoms with Crippen molar-refractivity contribution in [2.24, 2.45) is 11.8 Å². The molecule has 3 heterocycles. The number of aliphatic hydroxyl groups is 1. The third kappa shape index (κ3) is 3.20. The molecular formula is C23H20F3N3O2. The molecule has 3 aliphatic heterocycles. The second kappa shape index (κ2) is 7.08. The van der Waals surface area contributed by atoms with Crippen LogP contribution in [0.15, 0.2) is 48.5 Å². The number of amides is 1. The summed E-state index contributed by atoms with van der Waals surface area (Å²) in [4.78, 5) is 16.2. The number of hydrogen-bond acceptors (Lipinski definition) is 4. The maximum atomic E-state index is 14.3. The number of hydrogen-bond donors (Lipinski definition) is 1. The highest BCUT2D eigenvalue weighted by atomic mass is 19.3. The minimum atomic E-state index is -2.91. The van der Waals surface area contributed by atoms with Gasteiger partial charge in [-0.05, 0) is 35.4 Å². The van der Waals surface area contributed by atoms with Crippen LogP contribution in [0.2, 0.25) is 0 Å². The number of fused-ring (bicyclic) bond motifs is 3. The molecule has 8 heteroatoms. The number of rotatable bonds is 3. The SMILES string of the molecule is N#Cc1ccc([C@H]2[C@H]3C(O)N(Cc4ccc(F)cc4)C(=O)[C@H]3[C@@H]3CC(F)(F)CN32)cc1. The van der Waals surface area contributed by atoms with Crippen molar-refractivity contribution in [3.63, 3.8) is 0 Å². The number of nitriles is 1. The van der Waals surface area contributed by atoms with Crippen molar-refractivity contribution in [3.05, 3.63) is 71.0 Å². The molecule has 5 atom stereocenters. The largest absolute Gasteiger partial charge is 0.373 e. The van der Waals surface area contributed by atoms with E-state index in [4.69, 9.17) is 5.26 Å². The molecule has 2 aromatic rings. The van der Waals surface area contributed by atoms with Crippen LogP contribution in [0, 0.1) is 29.0 Å². The maximum absolute atomic E-state index is 14.3. The summed E-state index contributed by atoms with van der Waals surface area (Å²) in [5.41, 5.74) is 1.80. The first kappa shape index (κ1) is 20.0. The Kier molecular flexibility index (Phi) is 4.57. The van der Waals surface area contributed by atoms with Gasteiger partial charge in [0, 0.05) is 31.0 Å². The van der Waals surface area contributed by atoms with Gasteiger partial charge in [0.15, 0.2) is 0 Å². The van der Waals surface area contributed by atoms with E-state index in [1.807, 2.05) is 6.07 Å². The summed E-state index contributed by atoms with van der Waals surface area (Å²) in [6.45, 7) is -0.385. The van der Waals surface area contributed by atoms with Crippen molar-refractivity contribution in [1.29, 1.82) is 5.26 Å². The van der Waals surface area contributed by atoms with E-state index in [1.54, 1.807) is 29.2 Å². The Bertz CT molecular complexity index is 1050. The van der Waals surface area contributed by atoms with E-state index >= 15 is 0 Å². The van der Waals surface area contributed by atoms with E-state index in [1.165, 1.54) is 29.2 Å². The number of aliphatic hydroxyl groups excluding tert-OH is 1. The third-order valence-electron chi connectivity index (χ3n) is 6.78. The predicted molar refractivity (Wildman–Crippen MR) is 104 cm³/mol. The second-order valence-electron chi connectivity index (χ2n) is 8.59. The van der Waals surface area contributed by atoms with Gasteiger partial charge in [-0.15, -0.1) is 0 Å². The van der Waals surface area contributed by atoms with Crippen LogP contribution < -0.4 is 0 Å². The van der Waals surface area contributed by atoms with Crippen molar-refractivity contribution < 1.29 is 23.1 Å². The van der Waals surface area contributed by atoms with Crippen LogP contribution in [0.3, 0.4) is 0 Å². The fourth-order valence-corrected chi connectivity index (χ4v) is 5.52. The predicted octanol–water partition coefficient (Wildman–Crippen LogP) is 3.05. The zero-order valence-corrected chi connectivity index (χ0v) is 16.5. The molecule has 0 spiro atoms. The van der Waals surface area contributed by atoms with Gasteiger partial charge >= 0.3 is 0 Å². The summed E-state index contributed by atoms with van der Waals surface area (Å²) in [5, 5.41) is 20.2. The lowest BCUT2D eigenvalue weighted by atomic mass is 9.84. The fraction of sp³-hybridized carbons (Fsp3) is 0.391. The van der Waals surface area contributed by atoms with Crippen LogP contribution in [-0.2, 0) is 11.3 Å². The summed E-state index contributed by atoms with van der Waals surface area (Å²) in [6, 6.07) is 13.1. The van der Waals surface area contributed by atoms with Crippen molar-refractivity contribution in [2.75, 3.05) is 6.54 Å². The maximum Gasteiger partial charge on any atom is 0.262 e. The quantitative estimate of drug-likeness (QED) is 0.818. The molecule has 3 saturated heterocycles. The highest BCUT2D eigenvalue weighted by Gasteiger charge is 2.66. The van der Waals surface area contributed by atoms with E-state index < -0.39 is 54.9 Å². The zero-order chi connectivity index (χ0) is 21.9. The summed E-state index contributed by atoms with van der Waals surface area (Å²) in [6.07, 6.45) is -1.58. The van der Waals surface area contributed by atoms with Gasteiger partial charge in [-0.25, -0.2) is 13.2 Å². The minimum absolute atomic E-state index is 0.0798. The topological polar surface area (TPSA) is 67.6 Å². The highest BCUT2D eigenvalue weighted by Crippen LogP contribution is 2.57. The molecule has 1 amide bonds. The van der Waals surface area contributed by atoms with Crippen LogP contribution in [-0.4, -0.2) is 45.6 Å². The average molecular weight is 427 g/mol. The normalized spacial score (nSPS) is 31.5. The lowest BCUT2D eigenvalue weighted by Crippen LogP contribution is -2.41. The lowest BCUT2D eigenvalue weighted by Gasteiger charge is -2.32. The highest BCUT2D eigenvalue weighted by molar-refractivity contribution is 5.83. The van der Waals surface area contributed by atoms with Crippen molar-refractivity contribution >= 4 is 5.91 Å². The van der Waals surface area contributed by atoms with Crippen molar-refractivity contribution in [3.8, 4) is 6.07 Å². The van der Waals surface area contributed by atoms with Crippen molar-refractivity contribution in [1.82, 2.24) is 9.80 Å². The molecule has 3 fully saturated rings. The Labute approximate surface area is 177 Å². The third-order valence-corrected chi connectivity index (χ3v) is 6.78. The summed E-state index contributed by atoms with van der Waals surface area (Å²) in [7, 11) is 0. The summed E-state index contributed by atoms with van der Waals surface area (Å²) < 4.78 is 41.9. The molecule has 5 rings (SSSR count). The number of nitrogens with zero attached hydrogens (tertiary/aromatic N) is 3. The number of carbonyl (C=O) groups excluding carboxylic acids is 1. The number of halogens is 3. The Balaban J connectivity index is 1.51. The molecule has 31 heavy (non-hydrogen) atoms. The Morgan fingerprint density at radius 1 is 1.13 bits per heavy atom. The summed E-state index contributed by atoms with van der Waals surface area (Å²) in [5.74, 6) is -4.98. The zero-order valence-electron chi connectivity index (χ0n) is 16.5. The smallest absolute Gasteiger partial charge is 0.262 e. The van der Waals surface area contributed by atoms with E-state index in [9.17, 15) is 23.1 Å². The standard InChI is InChI=1S/C23H20F3N3O2/c24-16-7-3-14(4-8-16)11-28-21(30)18-17-9-23(25,26)12-29(17)20(19(18)22(28)31)15-5-1-13(10-27)2-6-15/h1-8,17-20,22,31H,9,11-12H2/t17-,18-,19-,20-,22?/m0/s1. The van der Waals surface area contributed by atoms with E-state index in [0.717, 1.165) is 0 Å². The average Bonchev–Trinajstić information content (AvgIpc) is 3.30. The van der Waals surface area contributed by atoms with Gasteiger partial charge < -0.3 is 10.0 Å². The Hall–Kier alpha value is -2.89. The van der Waals surface area contributed by atoms with Gasteiger partial charge in [0.25, 0.3) is 5.92 Å². The van der Waals surface area contributed by atoms with Crippen LogP contribution in [0.4, 0.5) is 13.2 Å². The first-order valence-electron chi connectivity index (χ1n) is 10.2. The molecule has 160 valence electrons. The lowest BCUT2D eigenvalue weighted by molar-refractivity contribution is -0.138. The fourth-order valence-electron chi connectivity index (χ4n) is 5.52. The van der Waals surface area contributed by atoms with Gasteiger partial charge in [0.1, 0.15) is 12.0 Å². The molecule has 5 nitrogen and oxygen atoms in total. The van der Waals surface area contributed by atoms with Crippen LogP contribution >= 0.6 is 0 Å². The van der Waals surface area contributed by atoms with Gasteiger partial charge in [-0.1, -0.05) is 24.3 Å². The molecule has 0 saturated carbocycles. The Morgan fingerprint density at radius 3 is 2.45 bits per heavy atom. The van der Waals surface area contributed by atoms with Gasteiger partial charge in [-0.2, -0.15) is 5.26 Å². The molecule has 0 bridgehead atoms. The first-order valence-corrected chi connectivity index (χ1v) is 10.2. The van der Waals surface area contributed by atoms with Crippen LogP contribution in [0.1, 0.15) is 29.2 Å². The molecule has 0 aromatic heterocycles. The number of likely N-dealkylation sites (tertiary alicyclic amines) is 1. The molecule has 1 unspecified atom stereocenters. The van der Waals surface area contributed by atoms with Gasteiger partial charge in [-0.3, -0.25) is 9.69 Å². The van der Waals surface area contributed by atoms with E-state index in [0.29, 0.717) is 16.7 Å². The summed E-state index contributed by atoms with van der Waals surface area (Å²) >= 11 is 0. The van der Waals surface area contributed by atoms with Gasteiger partial charge in [0.05, 0.1) is 24.1 Å². The van der Waals surface area contributed by atoms with E-state index in [2.05, 4.69) is 0 Å². The number of alkyl halides is 2. The molecule has 0 radical (unpaired) electrons. The molecule has 1 N–H and O–H groups in total. The molecular weight excluding hydrogens is 407 g/mol. The Morgan fingerprint density at radius 2 is 1.81 bits per heavy atom. The van der Waals surface area contributed by atoms with Gasteiger partial charge in [0.2, 0.25) is 5.91 Å². The van der Waals surface area contributed by atoms with Crippen molar-refractivity contribution in [2.45, 2.75) is 37.2 Å². The molecule has 3 aliphatic rings. The molecule has 0 aliphatic carbocycles.